The number of carbonyl (C=O) groups is 2. The Kier molecular flexibility index (Phi) is 5.88. The lowest BCUT2D eigenvalue weighted by Crippen LogP contribution is -2.43. The molecule has 23 heavy (non-hydrogen) atoms. The molecule has 5 nitrogen and oxygen atoms in total. The van der Waals surface area contributed by atoms with Crippen molar-refractivity contribution < 1.29 is 14.7 Å². The third kappa shape index (κ3) is 4.40. The van der Waals surface area contributed by atoms with Gasteiger partial charge in [0.05, 0.1) is 12.6 Å². The van der Waals surface area contributed by atoms with E-state index >= 15 is 0 Å². The molecule has 0 atom stereocenters. The van der Waals surface area contributed by atoms with Gasteiger partial charge >= 0.3 is 11.8 Å². The molecule has 2 amide bonds. The first-order valence-electron chi connectivity index (χ1n) is 7.40. The van der Waals surface area contributed by atoms with Crippen LogP contribution in [0.25, 0.3) is 0 Å². The Morgan fingerprint density at radius 1 is 1.00 bits per heavy atom. The molecule has 0 bridgehead atoms. The van der Waals surface area contributed by atoms with Gasteiger partial charge in [-0.2, -0.15) is 0 Å². The number of aliphatic hydroxyl groups is 1. The number of rotatable bonds is 5. The Bertz CT molecular complexity index is 604. The summed E-state index contributed by atoms with van der Waals surface area (Å²) in [6, 6.07) is 18.5. The fourth-order valence-electron chi connectivity index (χ4n) is 2.27. The molecule has 0 aliphatic carbocycles. The number of amides is 2. The Morgan fingerprint density at radius 2 is 1.48 bits per heavy atom. The minimum atomic E-state index is -0.696. The summed E-state index contributed by atoms with van der Waals surface area (Å²) in [6.45, 7) is -0.0656. The van der Waals surface area contributed by atoms with Crippen LogP contribution in [-0.4, -0.2) is 42.0 Å². The summed E-state index contributed by atoms with van der Waals surface area (Å²) in [5.41, 5.74) is 1.79. The molecule has 0 fully saturated rings. The topological polar surface area (TPSA) is 69.6 Å². The second-order valence-corrected chi connectivity index (χ2v) is 5.18. The van der Waals surface area contributed by atoms with E-state index < -0.39 is 17.9 Å². The largest absolute Gasteiger partial charge is 0.395 e. The van der Waals surface area contributed by atoms with Crippen molar-refractivity contribution in [2.75, 3.05) is 20.2 Å². The van der Waals surface area contributed by atoms with Crippen LogP contribution in [0, 0.1) is 0 Å². The normalized spacial score (nSPS) is 10.4. The van der Waals surface area contributed by atoms with Gasteiger partial charge < -0.3 is 15.3 Å². The van der Waals surface area contributed by atoms with Crippen LogP contribution in [0.4, 0.5) is 0 Å². The molecule has 2 aromatic carbocycles. The molecular weight excluding hydrogens is 292 g/mol. The number of likely N-dealkylation sites (N-methyl/N-ethyl adjacent to an activating group) is 1. The molecule has 0 aliphatic rings. The van der Waals surface area contributed by atoms with Crippen LogP contribution in [0.2, 0.25) is 0 Å². The molecule has 0 unspecified atom stereocenters. The molecule has 2 rings (SSSR count). The fraction of sp³-hybridized carbons (Fsp3) is 0.222. The standard InChI is InChI=1S/C18H20N2O3/c1-20(12-13-21)18(23)17(22)19-16(14-8-4-2-5-9-14)15-10-6-3-7-11-15/h2-11,16,21H,12-13H2,1H3,(H,19,22). The van der Waals surface area contributed by atoms with Gasteiger partial charge in [-0.05, 0) is 11.1 Å². The van der Waals surface area contributed by atoms with Gasteiger partial charge in [-0.1, -0.05) is 60.7 Å². The second-order valence-electron chi connectivity index (χ2n) is 5.18. The first kappa shape index (κ1) is 16.7. The molecule has 5 heteroatoms. The van der Waals surface area contributed by atoms with Crippen molar-refractivity contribution in [1.82, 2.24) is 10.2 Å². The van der Waals surface area contributed by atoms with Crippen LogP contribution >= 0.6 is 0 Å². The van der Waals surface area contributed by atoms with Crippen molar-refractivity contribution in [2.24, 2.45) is 0 Å². The minimum absolute atomic E-state index is 0.119. The molecule has 0 spiro atoms. The lowest BCUT2D eigenvalue weighted by atomic mass is 9.98. The molecule has 0 saturated carbocycles. The van der Waals surface area contributed by atoms with Gasteiger partial charge in [-0.15, -0.1) is 0 Å². The molecule has 0 aliphatic heterocycles. The van der Waals surface area contributed by atoms with E-state index in [9.17, 15) is 9.59 Å². The average molecular weight is 312 g/mol. The first-order chi connectivity index (χ1) is 11.1. The molecule has 0 saturated heterocycles. The number of benzene rings is 2. The number of aliphatic hydroxyl groups excluding tert-OH is 1. The van der Waals surface area contributed by atoms with Gasteiger partial charge in [0.2, 0.25) is 0 Å². The van der Waals surface area contributed by atoms with E-state index in [-0.39, 0.29) is 13.2 Å². The van der Waals surface area contributed by atoms with E-state index in [0.29, 0.717) is 0 Å². The van der Waals surface area contributed by atoms with Crippen LogP contribution in [-0.2, 0) is 9.59 Å². The summed E-state index contributed by atoms with van der Waals surface area (Å²) in [7, 11) is 1.48. The summed E-state index contributed by atoms with van der Waals surface area (Å²) >= 11 is 0. The Morgan fingerprint density at radius 3 is 1.91 bits per heavy atom. The number of hydrogen-bond acceptors (Lipinski definition) is 3. The van der Waals surface area contributed by atoms with Gasteiger partial charge in [-0.3, -0.25) is 9.59 Å². The van der Waals surface area contributed by atoms with Crippen molar-refractivity contribution in [3.63, 3.8) is 0 Å². The Hall–Kier alpha value is -2.66. The van der Waals surface area contributed by atoms with Gasteiger partial charge in [-0.25, -0.2) is 0 Å². The highest BCUT2D eigenvalue weighted by Gasteiger charge is 2.23. The van der Waals surface area contributed by atoms with Gasteiger partial charge in [0.1, 0.15) is 0 Å². The van der Waals surface area contributed by atoms with Gasteiger partial charge in [0.15, 0.2) is 0 Å². The summed E-state index contributed by atoms with van der Waals surface area (Å²) < 4.78 is 0. The number of nitrogens with one attached hydrogen (secondary N) is 1. The highest BCUT2D eigenvalue weighted by atomic mass is 16.3. The van der Waals surface area contributed by atoms with E-state index in [0.717, 1.165) is 11.1 Å². The maximum absolute atomic E-state index is 12.2. The maximum Gasteiger partial charge on any atom is 0.311 e. The van der Waals surface area contributed by atoms with Gasteiger partial charge in [0.25, 0.3) is 0 Å². The molecule has 0 heterocycles. The van der Waals surface area contributed by atoms with E-state index in [1.165, 1.54) is 11.9 Å². The monoisotopic (exact) mass is 312 g/mol. The predicted octanol–water partition coefficient (Wildman–Crippen LogP) is 1.34. The zero-order chi connectivity index (χ0) is 16.7. The summed E-state index contributed by atoms with van der Waals surface area (Å²) in [5.74, 6) is -1.37. The molecule has 2 N–H and O–H groups in total. The SMILES string of the molecule is CN(CCO)C(=O)C(=O)NC(c1ccccc1)c1ccccc1. The number of hydrogen-bond donors (Lipinski definition) is 2. The van der Waals surface area contributed by atoms with Crippen LogP contribution in [0.3, 0.4) is 0 Å². The summed E-state index contributed by atoms with van der Waals surface area (Å²) in [5, 5.41) is 11.7. The fourth-order valence-corrected chi connectivity index (χ4v) is 2.27. The van der Waals surface area contributed by atoms with E-state index in [4.69, 9.17) is 5.11 Å². The lowest BCUT2D eigenvalue weighted by molar-refractivity contribution is -0.145. The Balaban J connectivity index is 2.22. The zero-order valence-corrected chi connectivity index (χ0v) is 13.0. The van der Waals surface area contributed by atoms with Crippen LogP contribution < -0.4 is 5.32 Å². The summed E-state index contributed by atoms with van der Waals surface area (Å²) in [4.78, 5) is 25.5. The average Bonchev–Trinajstić information content (AvgIpc) is 2.60. The minimum Gasteiger partial charge on any atom is -0.395 e. The van der Waals surface area contributed by atoms with Crippen LogP contribution in [0.1, 0.15) is 17.2 Å². The molecule has 0 radical (unpaired) electrons. The van der Waals surface area contributed by atoms with Crippen LogP contribution in [0.15, 0.2) is 60.7 Å². The Labute approximate surface area is 135 Å². The lowest BCUT2D eigenvalue weighted by Gasteiger charge is -2.21. The smallest absolute Gasteiger partial charge is 0.311 e. The predicted molar refractivity (Wildman–Crippen MR) is 87.6 cm³/mol. The van der Waals surface area contributed by atoms with Crippen molar-refractivity contribution in [3.8, 4) is 0 Å². The highest BCUT2D eigenvalue weighted by Crippen LogP contribution is 2.21. The van der Waals surface area contributed by atoms with Crippen molar-refractivity contribution in [3.05, 3.63) is 71.8 Å². The van der Waals surface area contributed by atoms with Crippen LogP contribution in [0.5, 0.6) is 0 Å². The van der Waals surface area contributed by atoms with Gasteiger partial charge in [0, 0.05) is 13.6 Å². The molecule has 0 aromatic heterocycles. The number of nitrogens with zero attached hydrogens (tertiary/aromatic N) is 1. The van der Waals surface area contributed by atoms with Crippen molar-refractivity contribution in [1.29, 1.82) is 0 Å². The molecule has 2 aromatic rings. The highest BCUT2D eigenvalue weighted by molar-refractivity contribution is 6.35. The second kappa shape index (κ2) is 8.10. The van der Waals surface area contributed by atoms with E-state index in [2.05, 4.69) is 5.32 Å². The first-order valence-corrected chi connectivity index (χ1v) is 7.40. The van der Waals surface area contributed by atoms with Crippen molar-refractivity contribution in [2.45, 2.75) is 6.04 Å². The van der Waals surface area contributed by atoms with Crippen molar-refractivity contribution >= 4 is 11.8 Å². The number of carbonyl (C=O) groups excluding carboxylic acids is 2. The third-order valence-corrected chi connectivity index (χ3v) is 3.52. The zero-order valence-electron chi connectivity index (χ0n) is 13.0. The molecule has 120 valence electrons. The third-order valence-electron chi connectivity index (χ3n) is 3.52. The quantitative estimate of drug-likeness (QED) is 0.819. The van der Waals surface area contributed by atoms with E-state index in [1.54, 1.807) is 0 Å². The maximum atomic E-state index is 12.2. The van der Waals surface area contributed by atoms with E-state index in [1.807, 2.05) is 60.7 Å². The summed E-state index contributed by atoms with van der Waals surface area (Å²) in [6.07, 6.45) is 0. The molecular formula is C18H20N2O3.